The maximum Gasteiger partial charge on any atom is 0.104 e. The summed E-state index contributed by atoms with van der Waals surface area (Å²) in [6, 6.07) is 0. The maximum absolute atomic E-state index is 9.54. The summed E-state index contributed by atoms with van der Waals surface area (Å²) in [5.74, 6) is 0. The number of halogens is 2. The molecule has 0 saturated heterocycles. The monoisotopic (exact) mass is 443 g/mol. The summed E-state index contributed by atoms with van der Waals surface area (Å²) in [7, 11) is 4.36. The Bertz CT molecular complexity index is 302. The van der Waals surface area contributed by atoms with Gasteiger partial charge < -0.3 is 27.5 Å². The molecule has 0 spiro atoms. The Balaban J connectivity index is -0.00000312. The molecule has 2 atom stereocenters. The van der Waals surface area contributed by atoms with Gasteiger partial charge in [0, 0.05) is 11.8 Å². The van der Waals surface area contributed by atoms with Crippen molar-refractivity contribution >= 4 is 11.6 Å². The zero-order valence-corrected chi connectivity index (χ0v) is 20.8. The van der Waals surface area contributed by atoms with E-state index in [9.17, 15) is 5.11 Å². The third-order valence-corrected chi connectivity index (χ3v) is 5.86. The Hall–Kier alpha value is 0.460. The second-order valence-electron chi connectivity index (χ2n) is 9.11. The molecule has 28 heavy (non-hydrogen) atoms. The summed E-state index contributed by atoms with van der Waals surface area (Å²) < 4.78 is 0.861. The van der Waals surface area contributed by atoms with Crippen LogP contribution in [0.1, 0.15) is 110 Å². The van der Waals surface area contributed by atoms with Crippen LogP contribution < -0.4 is 12.4 Å². The highest BCUT2D eigenvalue weighted by molar-refractivity contribution is 6.20. The molecule has 0 fully saturated rings. The molecule has 5 heteroatoms. The molecule has 0 aromatic heterocycles. The van der Waals surface area contributed by atoms with Crippen LogP contribution in [0.3, 0.4) is 0 Å². The van der Waals surface area contributed by atoms with Crippen molar-refractivity contribution < 1.29 is 27.5 Å². The number of rotatable bonds is 19. The molecule has 0 aliphatic heterocycles. The topological polar surface area (TPSA) is 51.7 Å². The van der Waals surface area contributed by atoms with Crippen LogP contribution >= 0.6 is 11.6 Å². The lowest BCUT2D eigenvalue weighted by molar-refractivity contribution is -0.893. The van der Waals surface area contributed by atoms with Gasteiger partial charge in [0.1, 0.15) is 12.6 Å². The average molecular weight is 445 g/mol. The third kappa shape index (κ3) is 24.5. The molecule has 0 bridgehead atoms. The second-order valence-corrected chi connectivity index (χ2v) is 9.73. The summed E-state index contributed by atoms with van der Waals surface area (Å²) in [6.45, 7) is 6.01. The van der Waals surface area contributed by atoms with Gasteiger partial charge in [0.2, 0.25) is 0 Å². The largest absolute Gasteiger partial charge is 1.00 e. The van der Waals surface area contributed by atoms with Crippen LogP contribution in [0.5, 0.6) is 0 Å². The van der Waals surface area contributed by atoms with Gasteiger partial charge in [0.05, 0.1) is 20.6 Å². The van der Waals surface area contributed by atoms with Crippen molar-refractivity contribution in [3.8, 4) is 0 Å². The highest BCUT2D eigenvalue weighted by atomic mass is 35.5. The van der Waals surface area contributed by atoms with E-state index in [2.05, 4.69) is 21.0 Å². The molecule has 3 nitrogen and oxygen atoms in total. The molecular weight excluding hydrogens is 393 g/mol. The predicted octanol–water partition coefficient (Wildman–Crippen LogP) is 3.10. The summed E-state index contributed by atoms with van der Waals surface area (Å²) in [4.78, 5) is 0. The molecule has 0 aromatic carbocycles. The first-order valence-electron chi connectivity index (χ1n) is 11.5. The fourth-order valence-corrected chi connectivity index (χ4v) is 4.08. The minimum absolute atomic E-state index is 0. The van der Waals surface area contributed by atoms with Crippen molar-refractivity contribution in [3.63, 3.8) is 0 Å². The number of nitrogens with zero attached hydrogens (tertiary/aromatic N) is 1. The van der Waals surface area contributed by atoms with E-state index in [1.165, 1.54) is 83.5 Å². The van der Waals surface area contributed by atoms with Gasteiger partial charge in [-0.05, 0) is 13.3 Å². The molecule has 0 aliphatic carbocycles. The van der Waals surface area contributed by atoms with Crippen molar-refractivity contribution in [2.45, 2.75) is 122 Å². The van der Waals surface area contributed by atoms with E-state index in [1.807, 2.05) is 6.92 Å². The highest BCUT2D eigenvalue weighted by Gasteiger charge is 2.19. The number of likely N-dealkylation sites (N-methyl/N-ethyl adjacent to an activating group) is 1. The molecule has 0 radical (unpaired) electrons. The summed E-state index contributed by atoms with van der Waals surface area (Å²) in [5.41, 5.74) is 0. The van der Waals surface area contributed by atoms with Crippen molar-refractivity contribution in [1.29, 1.82) is 0 Å². The van der Waals surface area contributed by atoms with Crippen LogP contribution in [0.15, 0.2) is 0 Å². The Morgan fingerprint density at radius 3 is 1.54 bits per heavy atom. The minimum atomic E-state index is -0.236. The Morgan fingerprint density at radius 1 is 0.750 bits per heavy atom. The van der Waals surface area contributed by atoms with Crippen molar-refractivity contribution in [2.75, 3.05) is 27.2 Å². The van der Waals surface area contributed by atoms with E-state index in [0.717, 1.165) is 30.4 Å². The fraction of sp³-hybridized carbons (Fsp3) is 1.00. The maximum atomic E-state index is 9.54. The molecule has 2 unspecified atom stereocenters. The zero-order valence-electron chi connectivity index (χ0n) is 19.3. The van der Waals surface area contributed by atoms with E-state index in [4.69, 9.17) is 11.6 Å². The number of hydrogen-bond acceptors (Lipinski definition) is 1. The van der Waals surface area contributed by atoms with E-state index in [-0.39, 0.29) is 24.0 Å². The van der Waals surface area contributed by atoms with Crippen LogP contribution in [0.2, 0.25) is 0 Å². The third-order valence-electron chi connectivity index (χ3n) is 5.43. The first kappa shape index (κ1) is 33.1. The first-order chi connectivity index (χ1) is 12.4. The van der Waals surface area contributed by atoms with Crippen LogP contribution in [0.25, 0.3) is 0 Å². The average Bonchev–Trinajstić information content (AvgIpc) is 2.56. The summed E-state index contributed by atoms with van der Waals surface area (Å²) in [6.07, 6.45) is 20.2. The van der Waals surface area contributed by atoms with E-state index >= 15 is 0 Å². The van der Waals surface area contributed by atoms with Gasteiger partial charge in [-0.1, -0.05) is 90.4 Å². The van der Waals surface area contributed by atoms with Gasteiger partial charge in [-0.2, -0.15) is 0 Å². The van der Waals surface area contributed by atoms with Crippen molar-refractivity contribution in [1.82, 2.24) is 0 Å². The quantitative estimate of drug-likeness (QED) is 0.186. The molecule has 0 aliphatic rings. The van der Waals surface area contributed by atoms with Crippen LogP contribution in [0, 0.1) is 0 Å². The predicted molar refractivity (Wildman–Crippen MR) is 122 cm³/mol. The van der Waals surface area contributed by atoms with Crippen LogP contribution in [0.4, 0.5) is 0 Å². The van der Waals surface area contributed by atoms with Crippen LogP contribution in [-0.4, -0.2) is 53.7 Å². The second kappa shape index (κ2) is 22.2. The molecule has 0 amide bonds. The Kier molecular flexibility index (Phi) is 26.2. The fourth-order valence-electron chi connectivity index (χ4n) is 3.82. The number of hydrogen-bond donors (Lipinski definition) is 1. The Labute approximate surface area is 187 Å². The molecule has 0 heterocycles. The van der Waals surface area contributed by atoms with Crippen LogP contribution in [-0.2, 0) is 0 Å². The number of aliphatic hydroxyl groups is 1. The zero-order chi connectivity index (χ0) is 19.7. The highest BCUT2D eigenvalue weighted by Crippen LogP contribution is 2.17. The number of quaternary nitrogens is 1. The molecule has 0 saturated carbocycles. The lowest BCUT2D eigenvalue weighted by atomic mass is 10.0. The van der Waals surface area contributed by atoms with Crippen molar-refractivity contribution in [3.05, 3.63) is 0 Å². The minimum Gasteiger partial charge on any atom is -1.00 e. The molecular formula is C23H51Cl2NO2. The number of unbranched alkanes of at least 4 members (excludes halogenated alkanes) is 12. The molecule has 3 N–H and O–H groups in total. The Morgan fingerprint density at radius 2 is 1.14 bits per heavy atom. The summed E-state index contributed by atoms with van der Waals surface area (Å²) in [5, 5.41) is 9.84. The van der Waals surface area contributed by atoms with Gasteiger partial charge in [-0.15, -0.1) is 11.6 Å². The molecule has 174 valence electrons. The van der Waals surface area contributed by atoms with E-state index in [1.54, 1.807) is 0 Å². The lowest BCUT2D eigenvalue weighted by Gasteiger charge is -2.31. The smallest absolute Gasteiger partial charge is 0.104 e. The number of aliphatic hydroxyl groups excluding tert-OH is 1. The number of alkyl halides is 1. The van der Waals surface area contributed by atoms with E-state index in [0.29, 0.717) is 5.38 Å². The SMILES string of the molecule is CCCCCCCCCCCCCCCC(Cl)CC[N+](C)(C)CC(C)O.O.[Cl-]. The van der Waals surface area contributed by atoms with Gasteiger partial charge in [-0.25, -0.2) is 0 Å². The molecule has 0 rings (SSSR count). The van der Waals surface area contributed by atoms with Crippen molar-refractivity contribution in [2.24, 2.45) is 0 Å². The summed E-state index contributed by atoms with van der Waals surface area (Å²) >= 11 is 6.49. The normalized spacial score (nSPS) is 13.5. The first-order valence-corrected chi connectivity index (χ1v) is 11.9. The molecule has 0 aromatic rings. The van der Waals surface area contributed by atoms with Gasteiger partial charge in [-0.3, -0.25) is 0 Å². The standard InChI is InChI=1S/C23H49ClNO.ClH.H2O/c1-5-6-7-8-9-10-11-12-13-14-15-16-17-18-23(24)19-20-25(3,4)21-22(2)26;;/h22-23,26H,5-21H2,1-4H3;1H;1H2/q+1;;/p-1. The van der Waals surface area contributed by atoms with Gasteiger partial charge in [0.15, 0.2) is 0 Å². The van der Waals surface area contributed by atoms with Gasteiger partial charge in [0.25, 0.3) is 0 Å². The van der Waals surface area contributed by atoms with E-state index < -0.39 is 0 Å². The lowest BCUT2D eigenvalue weighted by Crippen LogP contribution is -3.00. The van der Waals surface area contributed by atoms with Gasteiger partial charge >= 0.3 is 0 Å².